The molecular weight excluding hydrogens is 304 g/mol. The zero-order valence-electron chi connectivity index (χ0n) is 11.4. The first-order valence-corrected chi connectivity index (χ1v) is 8.03. The Morgan fingerprint density at radius 1 is 1.09 bits per heavy atom. The quantitative estimate of drug-likeness (QED) is 0.937. The van der Waals surface area contributed by atoms with Gasteiger partial charge in [0.25, 0.3) is 0 Å². The number of ether oxygens (including phenoxy) is 1. The Morgan fingerprint density at radius 2 is 1.82 bits per heavy atom. The third-order valence-electron chi connectivity index (χ3n) is 3.31. The zero-order chi connectivity index (χ0) is 15.7. The van der Waals surface area contributed by atoms with Gasteiger partial charge in [0.15, 0.2) is 0 Å². The number of rotatable bonds is 4. The summed E-state index contributed by atoms with van der Waals surface area (Å²) in [6, 6.07) is 13.0. The van der Waals surface area contributed by atoms with Crippen LogP contribution in [-0.4, -0.2) is 26.1 Å². The summed E-state index contributed by atoms with van der Waals surface area (Å²) < 4.78 is 29.7. The highest BCUT2D eigenvalue weighted by atomic mass is 32.2. The van der Waals surface area contributed by atoms with Crippen LogP contribution in [0.1, 0.15) is 15.9 Å². The average molecular weight is 316 g/mol. The molecule has 0 fully saturated rings. The van der Waals surface area contributed by atoms with Crippen molar-refractivity contribution in [1.82, 2.24) is 0 Å². The molecule has 1 aliphatic rings. The third kappa shape index (κ3) is 2.60. The fourth-order valence-electron chi connectivity index (χ4n) is 2.27. The van der Waals surface area contributed by atoms with Crippen molar-refractivity contribution < 1.29 is 23.1 Å². The number of carboxylic acid groups (broad SMARTS) is 1. The summed E-state index contributed by atoms with van der Waals surface area (Å²) in [5.74, 6) is -0.487. The van der Waals surface area contributed by atoms with Crippen molar-refractivity contribution in [3.05, 3.63) is 65.1 Å². The fourth-order valence-corrected chi connectivity index (χ4v) is 3.72. The molecule has 2 aromatic rings. The van der Waals surface area contributed by atoms with Crippen LogP contribution in [-0.2, 0) is 9.84 Å². The Kier molecular flexibility index (Phi) is 3.46. The predicted octanol–water partition coefficient (Wildman–Crippen LogP) is 2.59. The number of sulfone groups is 1. The molecule has 112 valence electrons. The molecule has 0 unspecified atom stereocenters. The number of carboxylic acids is 1. The first-order chi connectivity index (χ1) is 10.5. The number of aromatic carboxylic acids is 1. The van der Waals surface area contributed by atoms with Crippen LogP contribution in [0.3, 0.4) is 0 Å². The van der Waals surface area contributed by atoms with Crippen LogP contribution in [0, 0.1) is 0 Å². The topological polar surface area (TPSA) is 80.7 Å². The third-order valence-corrected chi connectivity index (χ3v) is 4.88. The van der Waals surface area contributed by atoms with Gasteiger partial charge in [-0.15, -0.1) is 0 Å². The Morgan fingerprint density at radius 3 is 2.50 bits per heavy atom. The molecule has 5 nitrogen and oxygen atoms in total. The lowest BCUT2D eigenvalue weighted by atomic mass is 10.1. The van der Waals surface area contributed by atoms with Crippen molar-refractivity contribution >= 4 is 21.4 Å². The van der Waals surface area contributed by atoms with Gasteiger partial charge in [-0.25, -0.2) is 13.2 Å². The summed E-state index contributed by atoms with van der Waals surface area (Å²) in [5.41, 5.74) is 0.874. The largest absolute Gasteiger partial charge is 0.489 e. The van der Waals surface area contributed by atoms with E-state index in [1.54, 1.807) is 12.1 Å². The van der Waals surface area contributed by atoms with E-state index in [1.165, 1.54) is 18.2 Å². The zero-order valence-corrected chi connectivity index (χ0v) is 12.2. The van der Waals surface area contributed by atoms with E-state index in [1.807, 2.05) is 18.2 Å². The number of carbonyl (C=O) groups is 1. The van der Waals surface area contributed by atoms with E-state index in [0.717, 1.165) is 5.41 Å². The van der Waals surface area contributed by atoms with Crippen molar-refractivity contribution in [3.8, 4) is 5.75 Å². The van der Waals surface area contributed by atoms with E-state index in [0.29, 0.717) is 16.9 Å². The first kappa shape index (κ1) is 14.3. The van der Waals surface area contributed by atoms with Gasteiger partial charge in [0.05, 0.1) is 10.5 Å². The van der Waals surface area contributed by atoms with Crippen LogP contribution in [0.15, 0.2) is 58.8 Å². The lowest BCUT2D eigenvalue weighted by Gasteiger charge is -2.08. The molecule has 0 aromatic heterocycles. The van der Waals surface area contributed by atoms with Crippen LogP contribution in [0.2, 0.25) is 0 Å². The minimum absolute atomic E-state index is 0.0430. The van der Waals surface area contributed by atoms with E-state index in [9.17, 15) is 13.2 Å². The van der Waals surface area contributed by atoms with Gasteiger partial charge in [0.2, 0.25) is 9.84 Å². The monoisotopic (exact) mass is 316 g/mol. The van der Waals surface area contributed by atoms with Crippen LogP contribution in [0.5, 0.6) is 5.75 Å². The maximum Gasteiger partial charge on any atom is 0.335 e. The van der Waals surface area contributed by atoms with Gasteiger partial charge in [0, 0.05) is 16.5 Å². The fraction of sp³-hybridized carbons (Fsp3) is 0.0625. The highest BCUT2D eigenvalue weighted by Gasteiger charge is 2.28. The molecule has 1 aliphatic heterocycles. The summed E-state index contributed by atoms with van der Waals surface area (Å²) in [4.78, 5) is 11.2. The molecule has 0 aliphatic carbocycles. The van der Waals surface area contributed by atoms with Gasteiger partial charge in [-0.1, -0.05) is 18.2 Å². The number of hydrogen-bond donors (Lipinski definition) is 1. The van der Waals surface area contributed by atoms with Crippen LogP contribution in [0.25, 0.3) is 5.57 Å². The van der Waals surface area contributed by atoms with E-state index in [2.05, 4.69) is 0 Å². The van der Waals surface area contributed by atoms with Gasteiger partial charge in [-0.2, -0.15) is 0 Å². The van der Waals surface area contributed by atoms with Crippen molar-refractivity contribution in [1.29, 1.82) is 0 Å². The number of para-hydroxylation sites is 1. The Balaban J connectivity index is 1.94. The van der Waals surface area contributed by atoms with Gasteiger partial charge in [-0.3, -0.25) is 0 Å². The van der Waals surface area contributed by atoms with Gasteiger partial charge in [-0.05, 0) is 30.3 Å². The Bertz CT molecular complexity index is 867. The minimum Gasteiger partial charge on any atom is -0.489 e. The summed E-state index contributed by atoms with van der Waals surface area (Å²) in [5, 5.41) is 10.2. The maximum atomic E-state index is 12.1. The van der Waals surface area contributed by atoms with Crippen molar-refractivity contribution in [2.24, 2.45) is 0 Å². The molecule has 3 rings (SSSR count). The van der Waals surface area contributed by atoms with Crippen molar-refractivity contribution in [2.75, 3.05) is 6.61 Å². The molecule has 1 N–H and O–H groups in total. The highest BCUT2D eigenvalue weighted by molar-refractivity contribution is 7.95. The minimum atomic E-state index is -3.54. The number of fused-ring (bicyclic) bond motifs is 1. The van der Waals surface area contributed by atoms with Crippen molar-refractivity contribution in [2.45, 2.75) is 4.90 Å². The molecule has 0 bridgehead atoms. The second-order valence-corrected chi connectivity index (χ2v) is 6.57. The lowest BCUT2D eigenvalue weighted by Crippen LogP contribution is -2.02. The normalized spacial score (nSPS) is 15.0. The molecule has 2 aromatic carbocycles. The summed E-state index contributed by atoms with van der Waals surface area (Å²) >= 11 is 0. The SMILES string of the molecule is O=C(O)c1ccc2c(c1)C(COc1ccccc1)=CS2(=O)=O. The molecular formula is C16H12O5S. The summed E-state index contributed by atoms with van der Waals surface area (Å²) in [7, 11) is -3.54. The van der Waals surface area contributed by atoms with E-state index >= 15 is 0 Å². The number of benzene rings is 2. The molecule has 1 heterocycles. The molecule has 6 heteroatoms. The van der Waals surface area contributed by atoms with Crippen LogP contribution < -0.4 is 4.74 Å². The molecule has 0 spiro atoms. The standard InChI is InChI=1S/C16H12O5S/c17-16(18)11-6-7-15-14(8-11)12(10-22(15,19)20)9-21-13-4-2-1-3-5-13/h1-8,10H,9H2,(H,17,18). The van der Waals surface area contributed by atoms with E-state index < -0.39 is 15.8 Å². The molecule has 0 saturated heterocycles. The van der Waals surface area contributed by atoms with E-state index in [4.69, 9.17) is 9.84 Å². The summed E-state index contributed by atoms with van der Waals surface area (Å²) in [6.07, 6.45) is 0. The van der Waals surface area contributed by atoms with Crippen LogP contribution >= 0.6 is 0 Å². The molecule has 0 radical (unpaired) electrons. The highest BCUT2D eigenvalue weighted by Crippen LogP contribution is 2.34. The van der Waals surface area contributed by atoms with Crippen molar-refractivity contribution in [3.63, 3.8) is 0 Å². The molecule has 0 amide bonds. The van der Waals surface area contributed by atoms with Gasteiger partial charge >= 0.3 is 5.97 Å². The first-order valence-electron chi connectivity index (χ1n) is 6.48. The lowest BCUT2D eigenvalue weighted by molar-refractivity contribution is 0.0696. The molecule has 0 saturated carbocycles. The Labute approximate surface area is 127 Å². The van der Waals surface area contributed by atoms with E-state index in [-0.39, 0.29) is 17.1 Å². The second-order valence-electron chi connectivity index (χ2n) is 4.81. The molecule has 22 heavy (non-hydrogen) atoms. The summed E-state index contributed by atoms with van der Waals surface area (Å²) in [6.45, 7) is 0.0549. The second kappa shape index (κ2) is 5.31. The maximum absolute atomic E-state index is 12.1. The molecule has 0 atom stereocenters. The van der Waals surface area contributed by atoms with Crippen LogP contribution in [0.4, 0.5) is 0 Å². The van der Waals surface area contributed by atoms with Gasteiger partial charge in [0.1, 0.15) is 12.4 Å². The number of hydrogen-bond acceptors (Lipinski definition) is 4. The Hall–Kier alpha value is -2.60. The smallest absolute Gasteiger partial charge is 0.335 e. The average Bonchev–Trinajstić information content (AvgIpc) is 2.77. The predicted molar refractivity (Wildman–Crippen MR) is 80.5 cm³/mol. The van der Waals surface area contributed by atoms with Gasteiger partial charge < -0.3 is 9.84 Å².